The molecule has 9 nitrogen and oxygen atoms in total. The van der Waals surface area contributed by atoms with Crippen molar-refractivity contribution in [2.24, 2.45) is 11.8 Å². The Morgan fingerprint density at radius 2 is 2.00 bits per heavy atom. The lowest BCUT2D eigenvalue weighted by Gasteiger charge is -2.18. The number of nitriles is 1. The van der Waals surface area contributed by atoms with Gasteiger partial charge in [0.2, 0.25) is 10.0 Å². The highest BCUT2D eigenvalue weighted by Crippen LogP contribution is 2.40. The predicted octanol–water partition coefficient (Wildman–Crippen LogP) is 1.35. The standard InChI is InChI=1S/C13H10F3N3O6S/c14-13(15,16)9-6-18(5-8(9)12(20)21)26(24,25)11-3-1-2-10(19(22)23)7(11)4-17/h1-3,8-9H,5-6H2,(H,20,21)/t8-,9-/m1/s1. The number of rotatable bonds is 4. The number of sulfonamides is 1. The van der Waals surface area contributed by atoms with Crippen LogP contribution >= 0.6 is 0 Å². The Kier molecular flexibility index (Phi) is 4.93. The molecule has 1 N–H and O–H groups in total. The first-order chi connectivity index (χ1) is 11.9. The van der Waals surface area contributed by atoms with Gasteiger partial charge in [-0.3, -0.25) is 14.9 Å². The highest BCUT2D eigenvalue weighted by atomic mass is 32.2. The molecular formula is C13H10F3N3O6S. The fraction of sp³-hybridized carbons (Fsp3) is 0.385. The SMILES string of the molecule is N#Cc1c([N+](=O)[O-])cccc1S(=O)(=O)N1C[C@@H](C(F)(F)F)[C@H](C(=O)O)C1. The van der Waals surface area contributed by atoms with Gasteiger partial charge >= 0.3 is 12.1 Å². The third-order valence-corrected chi connectivity index (χ3v) is 5.83. The van der Waals surface area contributed by atoms with Crippen LogP contribution in [0.5, 0.6) is 0 Å². The molecule has 1 saturated heterocycles. The molecule has 1 aromatic rings. The second-order valence-corrected chi connectivity index (χ2v) is 7.34. The normalized spacial score (nSPS) is 21.3. The minimum Gasteiger partial charge on any atom is -0.481 e. The van der Waals surface area contributed by atoms with Crippen LogP contribution in [-0.2, 0) is 14.8 Å². The van der Waals surface area contributed by atoms with Gasteiger partial charge in [0, 0.05) is 19.2 Å². The Balaban J connectivity index is 2.53. The van der Waals surface area contributed by atoms with Gasteiger partial charge in [0.1, 0.15) is 16.5 Å². The molecule has 0 radical (unpaired) electrons. The Bertz CT molecular complexity index is 909. The molecule has 13 heteroatoms. The third-order valence-electron chi connectivity index (χ3n) is 3.95. The van der Waals surface area contributed by atoms with Crippen LogP contribution < -0.4 is 0 Å². The molecule has 0 spiro atoms. The van der Waals surface area contributed by atoms with E-state index in [1.54, 1.807) is 0 Å². The second kappa shape index (κ2) is 6.54. The van der Waals surface area contributed by atoms with Crippen LogP contribution in [0.15, 0.2) is 23.1 Å². The zero-order valence-corrected chi connectivity index (χ0v) is 13.5. The number of nitro groups is 1. The topological polar surface area (TPSA) is 142 Å². The van der Waals surface area contributed by atoms with Crippen molar-refractivity contribution in [2.45, 2.75) is 11.1 Å². The van der Waals surface area contributed by atoms with E-state index in [0.717, 1.165) is 18.2 Å². The average Bonchev–Trinajstić information content (AvgIpc) is 3.00. The van der Waals surface area contributed by atoms with E-state index in [-0.39, 0.29) is 4.31 Å². The van der Waals surface area contributed by atoms with Crippen LogP contribution in [0.4, 0.5) is 18.9 Å². The number of nitrogens with zero attached hydrogens (tertiary/aromatic N) is 3. The Hall–Kier alpha value is -2.72. The summed E-state index contributed by atoms with van der Waals surface area (Å²) in [6.45, 7) is -2.12. The number of nitro benzene ring substituents is 1. The summed E-state index contributed by atoms with van der Waals surface area (Å²) in [5, 5.41) is 28.9. The minimum atomic E-state index is -4.95. The molecule has 1 aliphatic rings. The molecule has 0 amide bonds. The average molecular weight is 393 g/mol. The highest BCUT2D eigenvalue weighted by molar-refractivity contribution is 7.89. The first kappa shape index (κ1) is 19.6. The van der Waals surface area contributed by atoms with Gasteiger partial charge in [-0.15, -0.1) is 0 Å². The first-order valence-electron chi connectivity index (χ1n) is 6.88. The maximum atomic E-state index is 13.0. The number of aliphatic carboxylic acids is 1. The van der Waals surface area contributed by atoms with E-state index in [9.17, 15) is 36.5 Å². The van der Waals surface area contributed by atoms with Gasteiger partial charge in [0.25, 0.3) is 5.69 Å². The summed E-state index contributed by atoms with van der Waals surface area (Å²) in [5.41, 5.74) is -1.66. The Morgan fingerprint density at radius 1 is 1.38 bits per heavy atom. The predicted molar refractivity (Wildman–Crippen MR) is 77.2 cm³/mol. The lowest BCUT2D eigenvalue weighted by atomic mass is 9.96. The second-order valence-electron chi connectivity index (χ2n) is 5.43. The molecular weight excluding hydrogens is 383 g/mol. The fourth-order valence-electron chi connectivity index (χ4n) is 2.68. The quantitative estimate of drug-likeness (QED) is 0.601. The zero-order valence-electron chi connectivity index (χ0n) is 12.7. The molecule has 2 atom stereocenters. The van der Waals surface area contributed by atoms with E-state index in [4.69, 9.17) is 10.4 Å². The summed E-state index contributed by atoms with van der Waals surface area (Å²) in [7, 11) is -4.75. The zero-order chi connectivity index (χ0) is 19.9. The largest absolute Gasteiger partial charge is 0.481 e. The number of hydrogen-bond acceptors (Lipinski definition) is 6. The van der Waals surface area contributed by atoms with E-state index in [1.165, 1.54) is 6.07 Å². The highest BCUT2D eigenvalue weighted by Gasteiger charge is 2.55. The van der Waals surface area contributed by atoms with Crippen LogP contribution in [0.25, 0.3) is 0 Å². The summed E-state index contributed by atoms with van der Waals surface area (Å²) >= 11 is 0. The number of carboxylic acids is 1. The van der Waals surface area contributed by atoms with Crippen LogP contribution in [0.2, 0.25) is 0 Å². The van der Waals surface area contributed by atoms with Crippen LogP contribution in [0, 0.1) is 33.3 Å². The lowest BCUT2D eigenvalue weighted by molar-refractivity contribution is -0.385. The maximum Gasteiger partial charge on any atom is 0.393 e. The molecule has 0 aliphatic carbocycles. The van der Waals surface area contributed by atoms with Gasteiger partial charge in [0.05, 0.1) is 16.8 Å². The number of alkyl halides is 3. The molecule has 26 heavy (non-hydrogen) atoms. The third kappa shape index (κ3) is 3.33. The smallest absolute Gasteiger partial charge is 0.393 e. The van der Waals surface area contributed by atoms with Crippen LogP contribution in [-0.4, -0.2) is 48.0 Å². The molecule has 2 rings (SSSR count). The molecule has 140 valence electrons. The van der Waals surface area contributed by atoms with Gasteiger partial charge < -0.3 is 5.11 Å². The molecule has 1 aliphatic heterocycles. The lowest BCUT2D eigenvalue weighted by Crippen LogP contribution is -2.34. The van der Waals surface area contributed by atoms with E-state index >= 15 is 0 Å². The van der Waals surface area contributed by atoms with Gasteiger partial charge in [-0.1, -0.05) is 6.07 Å². The fourth-order valence-corrected chi connectivity index (χ4v) is 4.33. The van der Waals surface area contributed by atoms with Crippen molar-refractivity contribution in [1.29, 1.82) is 5.26 Å². The summed E-state index contributed by atoms with van der Waals surface area (Å²) in [6, 6.07) is 4.05. The van der Waals surface area contributed by atoms with Crippen LogP contribution in [0.3, 0.4) is 0 Å². The van der Waals surface area contributed by atoms with Crippen molar-refractivity contribution in [1.82, 2.24) is 4.31 Å². The molecule has 0 unspecified atom stereocenters. The first-order valence-corrected chi connectivity index (χ1v) is 8.32. The van der Waals surface area contributed by atoms with Crippen molar-refractivity contribution in [3.63, 3.8) is 0 Å². The summed E-state index contributed by atoms with van der Waals surface area (Å²) in [5.74, 6) is -6.27. The number of benzene rings is 1. The van der Waals surface area contributed by atoms with Gasteiger partial charge in [-0.25, -0.2) is 8.42 Å². The van der Waals surface area contributed by atoms with Crippen molar-refractivity contribution in [3.05, 3.63) is 33.9 Å². The molecule has 1 fully saturated rings. The number of halogens is 3. The van der Waals surface area contributed by atoms with E-state index in [0.29, 0.717) is 0 Å². The molecule has 0 bridgehead atoms. The number of hydrogen-bond donors (Lipinski definition) is 1. The minimum absolute atomic E-state index is 0.282. The van der Waals surface area contributed by atoms with Gasteiger partial charge in [-0.05, 0) is 6.07 Å². The number of carboxylic acid groups (broad SMARTS) is 1. The van der Waals surface area contributed by atoms with E-state index < -0.39 is 68.2 Å². The molecule has 1 heterocycles. The van der Waals surface area contributed by atoms with E-state index in [1.807, 2.05) is 0 Å². The van der Waals surface area contributed by atoms with Crippen molar-refractivity contribution < 1.29 is 36.4 Å². The summed E-state index contributed by atoms with van der Waals surface area (Å²) in [4.78, 5) is 20.2. The van der Waals surface area contributed by atoms with Gasteiger partial charge in [0.15, 0.2) is 0 Å². The van der Waals surface area contributed by atoms with Crippen molar-refractivity contribution >= 4 is 21.7 Å². The molecule has 0 saturated carbocycles. The van der Waals surface area contributed by atoms with Gasteiger partial charge in [-0.2, -0.15) is 22.7 Å². The maximum absolute atomic E-state index is 13.0. The van der Waals surface area contributed by atoms with Crippen LogP contribution in [0.1, 0.15) is 5.56 Å². The summed E-state index contributed by atoms with van der Waals surface area (Å²) < 4.78 is 64.6. The Morgan fingerprint density at radius 3 is 2.42 bits per heavy atom. The number of carbonyl (C=O) groups is 1. The van der Waals surface area contributed by atoms with Crippen molar-refractivity contribution in [2.75, 3.05) is 13.1 Å². The molecule has 0 aromatic heterocycles. The van der Waals surface area contributed by atoms with E-state index in [2.05, 4.69) is 0 Å². The molecule has 1 aromatic carbocycles. The van der Waals surface area contributed by atoms with Crippen molar-refractivity contribution in [3.8, 4) is 6.07 Å². The monoisotopic (exact) mass is 393 g/mol. The Labute approximate surface area is 144 Å². The summed E-state index contributed by atoms with van der Waals surface area (Å²) in [6.07, 6.45) is -4.95.